The van der Waals surface area contributed by atoms with Gasteiger partial charge in [-0.1, -0.05) is 61.9 Å². The number of nitrogens with zero attached hydrogens (tertiary/aromatic N) is 5. The van der Waals surface area contributed by atoms with E-state index in [0.717, 1.165) is 28.7 Å². The van der Waals surface area contributed by atoms with Crippen molar-refractivity contribution in [3.05, 3.63) is 71.2 Å². The molecule has 0 atom stereocenters. The van der Waals surface area contributed by atoms with Gasteiger partial charge in [-0.15, -0.1) is 10.2 Å². The number of nitrogens with one attached hydrogen (secondary N) is 2. The van der Waals surface area contributed by atoms with E-state index in [0.29, 0.717) is 30.0 Å². The molecule has 0 saturated carbocycles. The third-order valence-electron chi connectivity index (χ3n) is 5.21. The summed E-state index contributed by atoms with van der Waals surface area (Å²) in [5.41, 5.74) is 4.71. The van der Waals surface area contributed by atoms with Gasteiger partial charge in [0.15, 0.2) is 0 Å². The summed E-state index contributed by atoms with van der Waals surface area (Å²) < 4.78 is 39.6. The summed E-state index contributed by atoms with van der Waals surface area (Å²) in [6, 6.07) is 15.5. The van der Waals surface area contributed by atoms with Crippen LogP contribution in [0.25, 0.3) is 22.5 Å². The molecule has 4 rings (SSSR count). The molecule has 2 aromatic carbocycles. The van der Waals surface area contributed by atoms with Crippen molar-refractivity contribution in [2.24, 2.45) is 0 Å². The summed E-state index contributed by atoms with van der Waals surface area (Å²) in [4.78, 5) is 7.43. The number of anilines is 1. The first-order valence-corrected chi connectivity index (χ1v) is 10.5. The molecule has 0 aliphatic heterocycles. The van der Waals surface area contributed by atoms with Gasteiger partial charge in [0.05, 0.1) is 0 Å². The number of hydrogen-bond acceptors (Lipinski definition) is 6. The minimum absolute atomic E-state index is 0. The Kier molecular flexibility index (Phi) is 8.40. The third kappa shape index (κ3) is 5.81. The van der Waals surface area contributed by atoms with Crippen LogP contribution in [0, 0.1) is 6.92 Å². The van der Waals surface area contributed by atoms with Gasteiger partial charge in [-0.2, -0.15) is 18.4 Å². The van der Waals surface area contributed by atoms with Crippen molar-refractivity contribution in [1.82, 2.24) is 30.6 Å². The van der Waals surface area contributed by atoms with Crippen LogP contribution in [-0.4, -0.2) is 30.6 Å². The minimum Gasteiger partial charge on any atom is -0.366 e. The molecule has 0 amide bonds. The van der Waals surface area contributed by atoms with E-state index in [4.69, 9.17) is 0 Å². The molecule has 11 heteroatoms. The molecule has 0 aliphatic rings. The number of aryl methyl sites for hydroxylation is 1. The van der Waals surface area contributed by atoms with Gasteiger partial charge in [0.1, 0.15) is 5.82 Å². The number of rotatable bonds is 7. The Balaban J connectivity index is 0.00000324. The maximum atomic E-state index is 13.2. The average Bonchev–Trinajstić information content (AvgIpc) is 3.34. The van der Waals surface area contributed by atoms with Crippen molar-refractivity contribution in [2.75, 3.05) is 5.32 Å². The van der Waals surface area contributed by atoms with Gasteiger partial charge in [0.2, 0.25) is 11.6 Å². The molecule has 2 heterocycles. The molecule has 7 nitrogen and oxygen atoms in total. The van der Waals surface area contributed by atoms with Gasteiger partial charge >= 0.3 is 35.7 Å². The quantitative estimate of drug-likeness (QED) is 0.398. The number of tetrazole rings is 1. The third-order valence-corrected chi connectivity index (χ3v) is 5.21. The molecule has 2 N–H and O–H groups in total. The van der Waals surface area contributed by atoms with Crippen LogP contribution in [0.2, 0.25) is 0 Å². The first-order chi connectivity index (χ1) is 15.9. The molecule has 0 radical (unpaired) electrons. The van der Waals surface area contributed by atoms with E-state index >= 15 is 0 Å². The van der Waals surface area contributed by atoms with Gasteiger partial charge < -0.3 is 5.32 Å². The van der Waals surface area contributed by atoms with Gasteiger partial charge in [-0.25, -0.2) is 9.97 Å². The summed E-state index contributed by atoms with van der Waals surface area (Å²) in [6.07, 6.45) is -3.23. The first-order valence-electron chi connectivity index (χ1n) is 10.5. The van der Waals surface area contributed by atoms with Crippen molar-refractivity contribution in [3.63, 3.8) is 0 Å². The van der Waals surface area contributed by atoms with Gasteiger partial charge in [-0.3, -0.25) is 0 Å². The van der Waals surface area contributed by atoms with E-state index in [9.17, 15) is 13.2 Å². The summed E-state index contributed by atoms with van der Waals surface area (Å²) in [5.74, 6) is -0.404. The van der Waals surface area contributed by atoms with Crippen LogP contribution in [0.4, 0.5) is 19.0 Å². The Morgan fingerprint density at radius 1 is 0.971 bits per heavy atom. The molecule has 2 aromatic heterocycles. The van der Waals surface area contributed by atoms with Crippen molar-refractivity contribution >= 4 is 5.82 Å². The summed E-state index contributed by atoms with van der Waals surface area (Å²) >= 11 is 0. The Hall–Kier alpha value is -2.82. The molecular formula is C23H22F3N7Na+. The van der Waals surface area contributed by atoms with Crippen LogP contribution in [-0.2, 0) is 19.1 Å². The van der Waals surface area contributed by atoms with Crippen molar-refractivity contribution < 1.29 is 42.7 Å². The molecular weight excluding hydrogens is 454 g/mol. The molecule has 0 bridgehead atoms. The standard InChI is InChI=1S/C23H22F3N7.Na/c1-3-6-17-14(2)28-22(23(24,25)26)29-20(17)27-13-15-9-11-16(12-10-15)18-7-4-5-8-19(18)21-30-32-33-31-21;/h4-5,7-12H,3,6,13H2,1-2H3,(H,27,28,29)(H,30,31,32,33);/q;+1. The maximum absolute atomic E-state index is 13.2. The summed E-state index contributed by atoms with van der Waals surface area (Å²) in [5, 5.41) is 17.3. The SMILES string of the molecule is CCCc1c(C)nc(C(F)(F)F)nc1NCc1ccc(-c2ccccc2-c2nn[nH]n2)cc1.[Na+]. The summed E-state index contributed by atoms with van der Waals surface area (Å²) in [7, 11) is 0. The van der Waals surface area contributed by atoms with Gasteiger partial charge in [-0.05, 0) is 35.2 Å². The van der Waals surface area contributed by atoms with Crippen LogP contribution in [0.1, 0.15) is 36.0 Å². The van der Waals surface area contributed by atoms with Crippen LogP contribution < -0.4 is 34.9 Å². The van der Waals surface area contributed by atoms with Crippen LogP contribution in [0.5, 0.6) is 0 Å². The monoisotopic (exact) mass is 476 g/mol. The van der Waals surface area contributed by atoms with E-state index in [-0.39, 0.29) is 35.4 Å². The number of aromatic amines is 1. The molecule has 0 fully saturated rings. The smallest absolute Gasteiger partial charge is 0.366 e. The van der Waals surface area contributed by atoms with Crippen molar-refractivity contribution in [3.8, 4) is 22.5 Å². The van der Waals surface area contributed by atoms with Gasteiger partial charge in [0.25, 0.3) is 0 Å². The van der Waals surface area contributed by atoms with Crippen LogP contribution in [0.15, 0.2) is 48.5 Å². The zero-order chi connectivity index (χ0) is 23.4. The Bertz CT molecular complexity index is 1230. The second-order valence-electron chi connectivity index (χ2n) is 7.54. The number of hydrogen-bond donors (Lipinski definition) is 2. The Morgan fingerprint density at radius 2 is 1.68 bits per heavy atom. The topological polar surface area (TPSA) is 92.3 Å². The van der Waals surface area contributed by atoms with Crippen molar-refractivity contribution in [2.45, 2.75) is 39.4 Å². The fraction of sp³-hybridized carbons (Fsp3) is 0.261. The minimum atomic E-state index is -4.60. The van der Waals surface area contributed by atoms with E-state index in [1.165, 1.54) is 0 Å². The maximum Gasteiger partial charge on any atom is 1.00 e. The molecule has 0 aliphatic carbocycles. The first kappa shape index (κ1) is 25.8. The fourth-order valence-corrected chi connectivity index (χ4v) is 3.61. The van der Waals surface area contributed by atoms with Crippen molar-refractivity contribution in [1.29, 1.82) is 0 Å². The molecule has 0 saturated heterocycles. The number of H-pyrrole nitrogens is 1. The second-order valence-corrected chi connectivity index (χ2v) is 7.54. The normalized spacial score (nSPS) is 11.2. The van der Waals surface area contributed by atoms with Crippen LogP contribution >= 0.6 is 0 Å². The van der Waals surface area contributed by atoms with Gasteiger partial charge in [0, 0.05) is 23.4 Å². The second kappa shape index (κ2) is 11.1. The van der Waals surface area contributed by atoms with E-state index in [2.05, 4.69) is 35.9 Å². The zero-order valence-corrected chi connectivity index (χ0v) is 21.1. The fourth-order valence-electron chi connectivity index (χ4n) is 3.61. The molecule has 4 aromatic rings. The molecule has 0 unspecified atom stereocenters. The average molecular weight is 476 g/mol. The number of alkyl halides is 3. The Labute approximate surface area is 216 Å². The number of halogens is 3. The number of benzene rings is 2. The predicted octanol–water partition coefficient (Wildman–Crippen LogP) is 2.22. The van der Waals surface area contributed by atoms with E-state index in [1.54, 1.807) is 6.92 Å². The van der Waals surface area contributed by atoms with E-state index in [1.807, 2.05) is 55.5 Å². The molecule has 170 valence electrons. The zero-order valence-electron chi connectivity index (χ0n) is 19.1. The van der Waals surface area contributed by atoms with Crippen LogP contribution in [0.3, 0.4) is 0 Å². The van der Waals surface area contributed by atoms with E-state index < -0.39 is 12.0 Å². The summed E-state index contributed by atoms with van der Waals surface area (Å²) in [6.45, 7) is 3.88. The number of aromatic nitrogens is 6. The molecule has 34 heavy (non-hydrogen) atoms. The molecule has 0 spiro atoms. The largest absolute Gasteiger partial charge is 1.00 e. The Morgan fingerprint density at radius 3 is 2.29 bits per heavy atom. The predicted molar refractivity (Wildman–Crippen MR) is 118 cm³/mol.